The van der Waals surface area contributed by atoms with Gasteiger partial charge in [0.05, 0.1) is 19.8 Å². The second-order valence-corrected chi connectivity index (χ2v) is 7.47. The van der Waals surface area contributed by atoms with Gasteiger partial charge in [-0.1, -0.05) is 53.6 Å². The van der Waals surface area contributed by atoms with Crippen molar-refractivity contribution in [2.45, 2.75) is 13.8 Å². The van der Waals surface area contributed by atoms with Gasteiger partial charge in [-0.25, -0.2) is 27.4 Å². The van der Waals surface area contributed by atoms with Gasteiger partial charge in [-0.3, -0.25) is 0 Å². The van der Waals surface area contributed by atoms with Crippen LogP contribution < -0.4 is 15.8 Å². The number of para-hydroxylation sites is 1. The number of allylic oxidation sites excluding steroid dienone is 1. The van der Waals surface area contributed by atoms with E-state index in [1.54, 1.807) is 63.5 Å². The lowest BCUT2D eigenvalue weighted by Gasteiger charge is -2.35. The Morgan fingerprint density at radius 3 is 1.94 bits per heavy atom. The number of quaternary nitrogens is 1. The number of hydrogen-bond donors (Lipinski definition) is 1. The predicted molar refractivity (Wildman–Crippen MR) is 115 cm³/mol. The standard InChI is InChI=1S/C24H21BF5N/c1-5-16(15-12-10-14(2)11-13-15)25(17-8-6-7-9-18(17)31(3)4)19-20(26)22(28)24(30)23(29)21(19)27/h5-13H,1-4H3/q-1/p+1/b16-5+/i1D3. The van der Waals surface area contributed by atoms with E-state index >= 15 is 8.78 Å². The molecule has 0 atom stereocenters. The Hall–Kier alpha value is -2.93. The molecule has 1 nitrogen and oxygen atoms in total. The van der Waals surface area contributed by atoms with E-state index in [1.807, 2.05) is 0 Å². The zero-order chi connectivity index (χ0) is 25.4. The number of aryl methyl sites for hydroxylation is 1. The van der Waals surface area contributed by atoms with Crippen LogP contribution in [0, 0.1) is 36.0 Å². The molecule has 0 aliphatic rings. The molecule has 3 rings (SSSR count). The molecule has 0 aliphatic carbocycles. The summed E-state index contributed by atoms with van der Waals surface area (Å²) in [6, 6.07) is 12.8. The van der Waals surface area contributed by atoms with E-state index in [4.69, 9.17) is 4.11 Å². The van der Waals surface area contributed by atoms with E-state index in [-0.39, 0.29) is 16.5 Å². The van der Waals surface area contributed by atoms with Crippen LogP contribution in [0.2, 0.25) is 0 Å². The molecule has 0 heterocycles. The van der Waals surface area contributed by atoms with Gasteiger partial charge in [0.15, 0.2) is 17.5 Å². The van der Waals surface area contributed by atoms with Gasteiger partial charge in [0.25, 0.3) is 0 Å². The minimum Gasteiger partial charge on any atom is -0.310 e. The normalized spacial score (nSPS) is 14.0. The molecule has 0 bridgehead atoms. The summed E-state index contributed by atoms with van der Waals surface area (Å²) in [5.74, 6) is -10.5. The molecule has 0 saturated heterocycles. The number of rotatable bonds is 5. The van der Waals surface area contributed by atoms with Crippen molar-refractivity contribution in [1.29, 1.82) is 0 Å². The van der Waals surface area contributed by atoms with Gasteiger partial charge in [-0.2, -0.15) is 10.9 Å². The van der Waals surface area contributed by atoms with Crippen LogP contribution in [-0.2, 0) is 0 Å². The van der Waals surface area contributed by atoms with Crippen LogP contribution in [-0.4, -0.2) is 20.8 Å². The fourth-order valence-corrected chi connectivity index (χ4v) is 3.64. The third-order valence-corrected chi connectivity index (χ3v) is 5.19. The summed E-state index contributed by atoms with van der Waals surface area (Å²) in [7, 11) is 3.46. The highest BCUT2D eigenvalue weighted by Gasteiger charge is 2.27. The zero-order valence-corrected chi connectivity index (χ0v) is 17.2. The Morgan fingerprint density at radius 2 is 1.39 bits per heavy atom. The van der Waals surface area contributed by atoms with E-state index in [0.717, 1.165) is 11.6 Å². The van der Waals surface area contributed by atoms with Crippen molar-refractivity contribution in [3.05, 3.63) is 94.8 Å². The van der Waals surface area contributed by atoms with Crippen LogP contribution in [0.3, 0.4) is 0 Å². The Kier molecular flexibility index (Phi) is 5.50. The zero-order valence-electron chi connectivity index (χ0n) is 20.2. The average molecular weight is 433 g/mol. The van der Waals surface area contributed by atoms with Crippen molar-refractivity contribution >= 4 is 28.8 Å². The smallest absolute Gasteiger partial charge is 0.200 e. The molecule has 0 saturated carbocycles. The van der Waals surface area contributed by atoms with Crippen molar-refractivity contribution in [3.63, 3.8) is 0 Å². The van der Waals surface area contributed by atoms with Crippen LogP contribution in [0.1, 0.15) is 22.1 Å². The molecule has 3 aromatic carbocycles. The molecule has 0 aliphatic heterocycles. The maximum atomic E-state index is 15.1. The number of benzene rings is 3. The van der Waals surface area contributed by atoms with Crippen LogP contribution in [0.4, 0.5) is 27.6 Å². The number of halogens is 5. The SMILES string of the molecule is [2H]C([2H])([2H])/C=C(/[B-](c1ccccc1[NH+](C)C)c1c(F)c(F)c(F)c(F)c1F)c1ccc(C)cc1. The van der Waals surface area contributed by atoms with Crippen molar-refractivity contribution in [2.24, 2.45) is 0 Å². The Labute approximate surface area is 183 Å². The lowest BCUT2D eigenvalue weighted by atomic mass is 9.34. The molecule has 1 N–H and O–H groups in total. The lowest BCUT2D eigenvalue weighted by molar-refractivity contribution is -0.785. The number of nitrogens with one attached hydrogen (secondary N) is 1. The highest BCUT2D eigenvalue weighted by atomic mass is 19.2. The molecular formula is C24H22BF5N. The largest absolute Gasteiger partial charge is 0.310 e. The topological polar surface area (TPSA) is 4.44 Å². The van der Waals surface area contributed by atoms with Gasteiger partial charge in [-0.05, 0) is 26.6 Å². The summed E-state index contributed by atoms with van der Waals surface area (Å²) in [4.78, 5) is 0.710. The molecule has 161 valence electrons. The summed E-state index contributed by atoms with van der Waals surface area (Å²) in [5.41, 5.74) is 0.613. The van der Waals surface area contributed by atoms with Gasteiger partial charge < -0.3 is 4.90 Å². The van der Waals surface area contributed by atoms with Gasteiger partial charge in [0.2, 0.25) is 0 Å². The molecule has 3 aromatic rings. The van der Waals surface area contributed by atoms with E-state index in [1.165, 1.54) is 6.07 Å². The summed E-state index contributed by atoms with van der Waals surface area (Å²) < 4.78 is 96.1. The fourth-order valence-electron chi connectivity index (χ4n) is 3.64. The second-order valence-electron chi connectivity index (χ2n) is 7.47. The summed E-state index contributed by atoms with van der Waals surface area (Å²) in [5, 5.41) is 0. The predicted octanol–water partition coefficient (Wildman–Crippen LogP) is 3.72. The van der Waals surface area contributed by atoms with E-state index < -0.39 is 48.1 Å². The minimum atomic E-state index is -2.71. The maximum absolute atomic E-state index is 15.1. The first-order valence-corrected chi connectivity index (χ1v) is 9.54. The third-order valence-electron chi connectivity index (χ3n) is 5.19. The fraction of sp³-hybridized carbons (Fsp3) is 0.167. The first-order chi connectivity index (χ1) is 15.8. The Morgan fingerprint density at radius 1 is 0.839 bits per heavy atom. The van der Waals surface area contributed by atoms with Crippen LogP contribution in [0.15, 0.2) is 54.6 Å². The molecule has 0 spiro atoms. The molecule has 0 fully saturated rings. The molecule has 7 heteroatoms. The molecule has 0 amide bonds. The van der Waals surface area contributed by atoms with Crippen molar-refractivity contribution in [2.75, 3.05) is 14.1 Å². The molecule has 31 heavy (non-hydrogen) atoms. The Balaban J connectivity index is 2.51. The van der Waals surface area contributed by atoms with Crippen molar-refractivity contribution in [3.8, 4) is 0 Å². The number of hydrogen-bond acceptors (Lipinski definition) is 0. The third kappa shape index (κ3) is 4.15. The lowest BCUT2D eigenvalue weighted by Crippen LogP contribution is -3.01. The second kappa shape index (κ2) is 9.06. The minimum absolute atomic E-state index is 0.100. The maximum Gasteiger partial charge on any atom is 0.200 e. The van der Waals surface area contributed by atoms with Crippen LogP contribution in [0.5, 0.6) is 0 Å². The van der Waals surface area contributed by atoms with Crippen LogP contribution in [0.25, 0.3) is 5.47 Å². The van der Waals surface area contributed by atoms with E-state index in [0.29, 0.717) is 10.6 Å². The van der Waals surface area contributed by atoms with Gasteiger partial charge in [0.1, 0.15) is 11.6 Å². The van der Waals surface area contributed by atoms with Crippen LogP contribution >= 0.6 is 0 Å². The van der Waals surface area contributed by atoms with Gasteiger partial charge in [-0.15, -0.1) is 6.08 Å². The molecular weight excluding hydrogens is 408 g/mol. The highest BCUT2D eigenvalue weighted by Crippen LogP contribution is 2.24. The molecule has 0 unspecified atom stereocenters. The monoisotopic (exact) mass is 433 g/mol. The van der Waals surface area contributed by atoms with Crippen molar-refractivity contribution < 1.29 is 31.0 Å². The summed E-state index contributed by atoms with van der Waals surface area (Å²) in [6.07, 6.45) is 0.835. The highest BCUT2D eigenvalue weighted by molar-refractivity contribution is 7.00. The van der Waals surface area contributed by atoms with Crippen molar-refractivity contribution in [1.82, 2.24) is 0 Å². The first kappa shape index (κ1) is 18.8. The van der Waals surface area contributed by atoms with E-state index in [2.05, 4.69) is 0 Å². The molecule has 0 aromatic heterocycles. The summed E-state index contributed by atoms with van der Waals surface area (Å²) in [6.45, 7) is -2.51. The quantitative estimate of drug-likeness (QED) is 0.271. The average Bonchev–Trinajstić information content (AvgIpc) is 2.78. The molecule has 1 radical (unpaired) electrons. The van der Waals surface area contributed by atoms with Gasteiger partial charge in [0, 0.05) is 4.11 Å². The van der Waals surface area contributed by atoms with Gasteiger partial charge >= 0.3 is 0 Å². The first-order valence-electron chi connectivity index (χ1n) is 11.0. The summed E-state index contributed by atoms with van der Waals surface area (Å²) >= 11 is 0. The van der Waals surface area contributed by atoms with E-state index in [9.17, 15) is 13.2 Å². The Bertz CT molecular complexity index is 1210.